The molecule has 0 spiro atoms. The van der Waals surface area contributed by atoms with Gasteiger partial charge < -0.3 is 9.63 Å². The number of hydrogen-bond acceptors (Lipinski definition) is 6. The number of benzene rings is 1. The monoisotopic (exact) mass is 356 g/mol. The smallest absolute Gasteiger partial charge is 0.244 e. The number of pyridine rings is 1. The molecule has 2 aromatic heterocycles. The Hall–Kier alpha value is -2.28. The number of aliphatic hydroxyl groups is 1. The lowest BCUT2D eigenvalue weighted by molar-refractivity contribution is 0.169. The summed E-state index contributed by atoms with van der Waals surface area (Å²) in [6.45, 7) is 1.26. The van der Waals surface area contributed by atoms with Crippen LogP contribution in [0.1, 0.15) is 23.9 Å². The van der Waals surface area contributed by atoms with Gasteiger partial charge in [-0.15, -0.1) is 0 Å². The molecule has 1 aliphatic rings. The minimum atomic E-state index is -0.409. The fourth-order valence-corrected chi connectivity index (χ4v) is 3.25. The van der Waals surface area contributed by atoms with Crippen LogP contribution >= 0.6 is 11.6 Å². The quantitative estimate of drug-likeness (QED) is 0.774. The average Bonchev–Trinajstić information content (AvgIpc) is 3.24. The highest BCUT2D eigenvalue weighted by Gasteiger charge is 2.35. The second-order valence-corrected chi connectivity index (χ2v) is 6.59. The highest BCUT2D eigenvalue weighted by Crippen LogP contribution is 2.33. The second kappa shape index (κ2) is 6.92. The molecular weight excluding hydrogens is 340 g/mol. The molecule has 0 amide bonds. The van der Waals surface area contributed by atoms with E-state index in [1.165, 1.54) is 0 Å². The number of likely N-dealkylation sites (tertiary alicyclic amines) is 1. The number of hydrogen-bond donors (Lipinski definition) is 1. The Kier molecular flexibility index (Phi) is 4.48. The van der Waals surface area contributed by atoms with Crippen molar-refractivity contribution in [2.75, 3.05) is 6.54 Å². The summed E-state index contributed by atoms with van der Waals surface area (Å²) in [5, 5.41) is 14.9. The SMILES string of the molecule is OC1CC(c2nc(-c3ccncc3)no2)N(Cc2ccc(Cl)cc2)C1. The molecule has 6 nitrogen and oxygen atoms in total. The van der Waals surface area contributed by atoms with Gasteiger partial charge >= 0.3 is 0 Å². The summed E-state index contributed by atoms with van der Waals surface area (Å²) in [7, 11) is 0. The molecule has 4 rings (SSSR count). The fraction of sp³-hybridized carbons (Fsp3) is 0.278. The maximum atomic E-state index is 10.1. The highest BCUT2D eigenvalue weighted by atomic mass is 35.5. The molecule has 0 aliphatic carbocycles. The molecule has 2 atom stereocenters. The van der Waals surface area contributed by atoms with Crippen LogP contribution in [0.15, 0.2) is 53.3 Å². The van der Waals surface area contributed by atoms with Gasteiger partial charge in [0.15, 0.2) is 0 Å². The van der Waals surface area contributed by atoms with E-state index < -0.39 is 6.10 Å². The number of aromatic nitrogens is 3. The Labute approximate surface area is 150 Å². The van der Waals surface area contributed by atoms with Gasteiger partial charge in [0.25, 0.3) is 0 Å². The van der Waals surface area contributed by atoms with E-state index in [9.17, 15) is 5.11 Å². The van der Waals surface area contributed by atoms with Gasteiger partial charge in [0.1, 0.15) is 0 Å². The Bertz CT molecular complexity index is 838. The first-order valence-electron chi connectivity index (χ1n) is 8.09. The normalized spacial score (nSPS) is 20.9. The first-order chi connectivity index (χ1) is 12.2. The van der Waals surface area contributed by atoms with Crippen LogP contribution in [0, 0.1) is 0 Å². The molecule has 3 heterocycles. The van der Waals surface area contributed by atoms with Crippen molar-refractivity contribution in [3.05, 3.63) is 65.3 Å². The molecule has 7 heteroatoms. The Morgan fingerprint density at radius 2 is 1.92 bits per heavy atom. The van der Waals surface area contributed by atoms with E-state index in [0.29, 0.717) is 36.2 Å². The average molecular weight is 357 g/mol. The predicted molar refractivity (Wildman–Crippen MR) is 92.8 cm³/mol. The minimum absolute atomic E-state index is 0.103. The Balaban J connectivity index is 1.55. The molecule has 2 unspecified atom stereocenters. The van der Waals surface area contributed by atoms with Crippen LogP contribution in [0.25, 0.3) is 11.4 Å². The van der Waals surface area contributed by atoms with E-state index in [0.717, 1.165) is 11.1 Å². The molecule has 1 aromatic carbocycles. The third-order valence-electron chi connectivity index (χ3n) is 4.35. The summed E-state index contributed by atoms with van der Waals surface area (Å²) in [5.74, 6) is 1.06. The molecule has 0 saturated carbocycles. The lowest BCUT2D eigenvalue weighted by Gasteiger charge is -2.21. The van der Waals surface area contributed by atoms with Crippen molar-refractivity contribution in [2.45, 2.75) is 25.1 Å². The van der Waals surface area contributed by atoms with E-state index in [1.54, 1.807) is 12.4 Å². The van der Waals surface area contributed by atoms with Crippen LogP contribution in [-0.2, 0) is 6.54 Å². The van der Waals surface area contributed by atoms with Gasteiger partial charge in [-0.1, -0.05) is 28.9 Å². The van der Waals surface area contributed by atoms with Gasteiger partial charge in [-0.2, -0.15) is 4.98 Å². The van der Waals surface area contributed by atoms with Crippen molar-refractivity contribution in [1.29, 1.82) is 0 Å². The van der Waals surface area contributed by atoms with Gasteiger partial charge in [0.05, 0.1) is 12.1 Å². The second-order valence-electron chi connectivity index (χ2n) is 6.15. The molecule has 0 radical (unpaired) electrons. The van der Waals surface area contributed by atoms with E-state index >= 15 is 0 Å². The third kappa shape index (κ3) is 3.56. The summed E-state index contributed by atoms with van der Waals surface area (Å²) in [4.78, 5) is 10.7. The van der Waals surface area contributed by atoms with Crippen molar-refractivity contribution in [3.63, 3.8) is 0 Å². The first-order valence-corrected chi connectivity index (χ1v) is 8.47. The number of β-amino-alcohol motifs (C(OH)–C–C–N with tert-alkyl or cyclic N) is 1. The summed E-state index contributed by atoms with van der Waals surface area (Å²) in [6, 6.07) is 11.3. The number of halogens is 1. The zero-order valence-electron chi connectivity index (χ0n) is 13.4. The van der Waals surface area contributed by atoms with Gasteiger partial charge in [0, 0.05) is 36.1 Å². The van der Waals surface area contributed by atoms with Gasteiger partial charge in [-0.25, -0.2) is 0 Å². The van der Waals surface area contributed by atoms with E-state index in [-0.39, 0.29) is 6.04 Å². The predicted octanol–water partition coefficient (Wildman–Crippen LogP) is 3.09. The van der Waals surface area contributed by atoms with Crippen molar-refractivity contribution < 1.29 is 9.63 Å². The standard InChI is InChI=1S/C18H17ClN4O2/c19-14-3-1-12(2-4-14)10-23-11-15(24)9-16(23)18-21-17(22-25-18)13-5-7-20-8-6-13/h1-8,15-16,24H,9-11H2. The maximum Gasteiger partial charge on any atom is 0.244 e. The highest BCUT2D eigenvalue weighted by molar-refractivity contribution is 6.30. The van der Waals surface area contributed by atoms with E-state index in [1.807, 2.05) is 36.4 Å². The van der Waals surface area contributed by atoms with Crippen LogP contribution in [0.2, 0.25) is 5.02 Å². The molecule has 25 heavy (non-hydrogen) atoms. The molecule has 1 fully saturated rings. The zero-order chi connectivity index (χ0) is 17.2. The van der Waals surface area contributed by atoms with Crippen LogP contribution in [0.3, 0.4) is 0 Å². The number of rotatable bonds is 4. The Morgan fingerprint density at radius 3 is 2.68 bits per heavy atom. The maximum absolute atomic E-state index is 10.1. The van der Waals surface area contributed by atoms with Crippen molar-refractivity contribution in [3.8, 4) is 11.4 Å². The van der Waals surface area contributed by atoms with Gasteiger partial charge in [-0.05, 0) is 36.2 Å². The molecule has 1 saturated heterocycles. The number of nitrogens with zero attached hydrogens (tertiary/aromatic N) is 4. The van der Waals surface area contributed by atoms with E-state index in [4.69, 9.17) is 16.1 Å². The summed E-state index contributed by atoms with van der Waals surface area (Å²) >= 11 is 5.95. The molecular formula is C18H17ClN4O2. The summed E-state index contributed by atoms with van der Waals surface area (Å²) < 4.78 is 5.48. The lowest BCUT2D eigenvalue weighted by Crippen LogP contribution is -2.24. The van der Waals surface area contributed by atoms with Crippen molar-refractivity contribution in [2.24, 2.45) is 0 Å². The topological polar surface area (TPSA) is 75.3 Å². The van der Waals surface area contributed by atoms with Crippen LogP contribution in [-0.4, -0.2) is 37.8 Å². The lowest BCUT2D eigenvalue weighted by atomic mass is 10.1. The molecule has 3 aromatic rings. The Morgan fingerprint density at radius 1 is 1.16 bits per heavy atom. The first kappa shape index (κ1) is 16.2. The summed E-state index contributed by atoms with van der Waals surface area (Å²) in [6.07, 6.45) is 3.55. The largest absolute Gasteiger partial charge is 0.392 e. The third-order valence-corrected chi connectivity index (χ3v) is 4.60. The summed E-state index contributed by atoms with van der Waals surface area (Å²) in [5.41, 5.74) is 1.98. The van der Waals surface area contributed by atoms with Crippen LogP contribution in [0.5, 0.6) is 0 Å². The van der Waals surface area contributed by atoms with Crippen molar-refractivity contribution in [1.82, 2.24) is 20.0 Å². The molecule has 128 valence electrons. The molecule has 0 bridgehead atoms. The van der Waals surface area contributed by atoms with E-state index in [2.05, 4.69) is 20.0 Å². The minimum Gasteiger partial charge on any atom is -0.392 e. The van der Waals surface area contributed by atoms with Crippen LogP contribution in [0.4, 0.5) is 0 Å². The molecule has 1 N–H and O–H groups in total. The van der Waals surface area contributed by atoms with Crippen molar-refractivity contribution >= 4 is 11.6 Å². The molecule has 1 aliphatic heterocycles. The van der Waals surface area contributed by atoms with Crippen LogP contribution < -0.4 is 0 Å². The fourth-order valence-electron chi connectivity index (χ4n) is 3.12. The number of aliphatic hydroxyl groups excluding tert-OH is 1. The zero-order valence-corrected chi connectivity index (χ0v) is 14.2. The van der Waals surface area contributed by atoms with Gasteiger partial charge in [0.2, 0.25) is 11.7 Å². The van der Waals surface area contributed by atoms with Gasteiger partial charge in [-0.3, -0.25) is 9.88 Å².